The highest BCUT2D eigenvalue weighted by Crippen LogP contribution is 2.31. The minimum Gasteiger partial charge on any atom is -0.477 e. The van der Waals surface area contributed by atoms with Gasteiger partial charge < -0.3 is 9.84 Å². The number of benzene rings is 1. The topological polar surface area (TPSA) is 103 Å². The Morgan fingerprint density at radius 1 is 1.35 bits per heavy atom. The summed E-state index contributed by atoms with van der Waals surface area (Å²) < 4.78 is 5.39. The number of carboxylic acid groups (broad SMARTS) is 1. The van der Waals surface area contributed by atoms with E-state index in [9.17, 15) is 14.9 Å². The van der Waals surface area contributed by atoms with Crippen LogP contribution in [0.1, 0.15) is 16.1 Å². The second-order valence-corrected chi connectivity index (χ2v) is 4.01. The van der Waals surface area contributed by atoms with Crippen molar-refractivity contribution in [3.63, 3.8) is 0 Å². The molecular weight excluding hydrogens is 264 g/mol. The minimum atomic E-state index is -1.15. The molecule has 0 radical (unpaired) electrons. The van der Waals surface area contributed by atoms with Gasteiger partial charge in [-0.15, -0.1) is 0 Å². The number of aryl methyl sites for hydroxylation is 1. The van der Waals surface area contributed by atoms with Gasteiger partial charge in [0.1, 0.15) is 11.4 Å². The van der Waals surface area contributed by atoms with E-state index in [-0.39, 0.29) is 22.9 Å². The molecule has 20 heavy (non-hydrogen) atoms. The van der Waals surface area contributed by atoms with Crippen molar-refractivity contribution in [1.29, 1.82) is 0 Å². The summed E-state index contributed by atoms with van der Waals surface area (Å²) in [6.07, 6.45) is 1.20. The number of aromatic carboxylic acids is 1. The molecular formula is C13H10N2O5. The van der Waals surface area contributed by atoms with Crippen LogP contribution in [0, 0.1) is 17.0 Å². The number of aromatic nitrogens is 1. The predicted molar refractivity (Wildman–Crippen MR) is 69.1 cm³/mol. The first-order valence-corrected chi connectivity index (χ1v) is 5.59. The van der Waals surface area contributed by atoms with Crippen molar-refractivity contribution >= 4 is 11.7 Å². The van der Waals surface area contributed by atoms with Gasteiger partial charge in [0.25, 0.3) is 0 Å². The lowest BCUT2D eigenvalue weighted by atomic mass is 10.2. The Balaban J connectivity index is 2.31. The molecule has 0 amide bonds. The van der Waals surface area contributed by atoms with Crippen LogP contribution in [0.2, 0.25) is 0 Å². The van der Waals surface area contributed by atoms with Crippen molar-refractivity contribution < 1.29 is 19.6 Å². The highest BCUT2D eigenvalue weighted by Gasteiger charge is 2.16. The van der Waals surface area contributed by atoms with E-state index in [1.165, 1.54) is 30.5 Å². The standard InChI is InChI=1S/C13H10N2O5/c1-8-2-5-11(15(18)19)12(6-8)20-9-3-4-10(13(16)17)14-7-9/h2-7H,1H3,(H,16,17). The van der Waals surface area contributed by atoms with Crippen LogP contribution in [0.15, 0.2) is 36.5 Å². The van der Waals surface area contributed by atoms with Gasteiger partial charge in [0.2, 0.25) is 5.75 Å². The summed E-state index contributed by atoms with van der Waals surface area (Å²) in [5.41, 5.74) is 0.509. The Hall–Kier alpha value is -2.96. The number of hydrogen-bond acceptors (Lipinski definition) is 5. The van der Waals surface area contributed by atoms with Crippen LogP contribution in [-0.4, -0.2) is 21.0 Å². The number of carboxylic acids is 1. The zero-order chi connectivity index (χ0) is 14.7. The van der Waals surface area contributed by atoms with Crippen molar-refractivity contribution in [1.82, 2.24) is 4.98 Å². The van der Waals surface area contributed by atoms with Crippen molar-refractivity contribution in [2.24, 2.45) is 0 Å². The molecule has 102 valence electrons. The summed E-state index contributed by atoms with van der Waals surface area (Å²) in [5, 5.41) is 19.6. The summed E-state index contributed by atoms with van der Waals surface area (Å²) in [6, 6.07) is 7.14. The third kappa shape index (κ3) is 2.89. The molecule has 1 aromatic heterocycles. The molecule has 0 aliphatic heterocycles. The zero-order valence-electron chi connectivity index (χ0n) is 10.4. The Morgan fingerprint density at radius 2 is 2.10 bits per heavy atom. The molecule has 7 heteroatoms. The molecule has 0 aliphatic rings. The van der Waals surface area contributed by atoms with E-state index in [2.05, 4.69) is 4.98 Å². The number of ether oxygens (including phenoxy) is 1. The van der Waals surface area contributed by atoms with Crippen LogP contribution in [0.25, 0.3) is 0 Å². The molecule has 1 N–H and O–H groups in total. The van der Waals surface area contributed by atoms with Crippen LogP contribution >= 0.6 is 0 Å². The Kier molecular flexibility index (Phi) is 3.60. The Bertz CT molecular complexity index is 667. The predicted octanol–water partition coefficient (Wildman–Crippen LogP) is 2.79. The van der Waals surface area contributed by atoms with Crippen LogP contribution in [0.4, 0.5) is 5.69 Å². The molecule has 2 rings (SSSR count). The van der Waals surface area contributed by atoms with E-state index in [1.54, 1.807) is 13.0 Å². The molecule has 1 aromatic carbocycles. The maximum Gasteiger partial charge on any atom is 0.354 e. The fourth-order valence-electron chi connectivity index (χ4n) is 1.55. The van der Waals surface area contributed by atoms with E-state index < -0.39 is 10.9 Å². The first-order chi connectivity index (χ1) is 9.47. The SMILES string of the molecule is Cc1ccc([N+](=O)[O-])c(Oc2ccc(C(=O)O)nc2)c1. The second kappa shape index (κ2) is 5.35. The fourth-order valence-corrected chi connectivity index (χ4v) is 1.55. The zero-order valence-corrected chi connectivity index (χ0v) is 10.4. The van der Waals surface area contributed by atoms with Gasteiger partial charge in [-0.2, -0.15) is 0 Å². The molecule has 0 spiro atoms. The lowest BCUT2D eigenvalue weighted by molar-refractivity contribution is -0.385. The highest BCUT2D eigenvalue weighted by atomic mass is 16.6. The molecule has 0 saturated heterocycles. The van der Waals surface area contributed by atoms with Crippen LogP contribution in [-0.2, 0) is 0 Å². The number of carbonyl (C=O) groups is 1. The largest absolute Gasteiger partial charge is 0.477 e. The van der Waals surface area contributed by atoms with Crippen LogP contribution < -0.4 is 4.74 Å². The van der Waals surface area contributed by atoms with Gasteiger partial charge in [-0.1, -0.05) is 6.07 Å². The van der Waals surface area contributed by atoms with Gasteiger partial charge in [0.05, 0.1) is 11.1 Å². The van der Waals surface area contributed by atoms with Crippen LogP contribution in [0.3, 0.4) is 0 Å². The number of rotatable bonds is 4. The van der Waals surface area contributed by atoms with Gasteiger partial charge in [0, 0.05) is 6.07 Å². The van der Waals surface area contributed by atoms with E-state index in [1.807, 2.05) is 0 Å². The summed E-state index contributed by atoms with van der Waals surface area (Å²) in [5.74, 6) is -0.846. The summed E-state index contributed by atoms with van der Waals surface area (Å²) >= 11 is 0. The monoisotopic (exact) mass is 274 g/mol. The molecule has 0 aliphatic carbocycles. The number of nitro groups is 1. The van der Waals surface area contributed by atoms with E-state index in [0.717, 1.165) is 5.56 Å². The number of nitro benzene ring substituents is 1. The van der Waals surface area contributed by atoms with Gasteiger partial charge in [0.15, 0.2) is 0 Å². The van der Waals surface area contributed by atoms with Crippen molar-refractivity contribution in [2.45, 2.75) is 6.92 Å². The fraction of sp³-hybridized carbons (Fsp3) is 0.0769. The quantitative estimate of drug-likeness (QED) is 0.679. The van der Waals surface area contributed by atoms with E-state index in [0.29, 0.717) is 0 Å². The van der Waals surface area contributed by atoms with Crippen LogP contribution in [0.5, 0.6) is 11.5 Å². The number of nitrogens with zero attached hydrogens (tertiary/aromatic N) is 2. The molecule has 0 fully saturated rings. The Morgan fingerprint density at radius 3 is 2.65 bits per heavy atom. The molecule has 2 aromatic rings. The third-order valence-electron chi connectivity index (χ3n) is 2.50. The van der Waals surface area contributed by atoms with Gasteiger partial charge in [-0.05, 0) is 30.7 Å². The summed E-state index contributed by atoms with van der Waals surface area (Å²) in [6.45, 7) is 1.78. The lowest BCUT2D eigenvalue weighted by Gasteiger charge is -2.06. The molecule has 7 nitrogen and oxygen atoms in total. The average molecular weight is 274 g/mol. The van der Waals surface area contributed by atoms with Crippen molar-refractivity contribution in [3.05, 3.63) is 57.9 Å². The smallest absolute Gasteiger partial charge is 0.354 e. The third-order valence-corrected chi connectivity index (χ3v) is 2.50. The van der Waals surface area contributed by atoms with Gasteiger partial charge in [-0.3, -0.25) is 10.1 Å². The van der Waals surface area contributed by atoms with E-state index in [4.69, 9.17) is 9.84 Å². The number of pyridine rings is 1. The highest BCUT2D eigenvalue weighted by molar-refractivity contribution is 5.85. The van der Waals surface area contributed by atoms with Crippen molar-refractivity contribution in [3.8, 4) is 11.5 Å². The number of hydrogen-bond donors (Lipinski definition) is 1. The first-order valence-electron chi connectivity index (χ1n) is 5.59. The maximum atomic E-state index is 10.9. The Labute approximate surface area is 113 Å². The molecule has 0 saturated carbocycles. The molecule has 0 unspecified atom stereocenters. The molecule has 0 bridgehead atoms. The molecule has 0 atom stereocenters. The summed E-state index contributed by atoms with van der Waals surface area (Å²) in [4.78, 5) is 24.7. The summed E-state index contributed by atoms with van der Waals surface area (Å²) in [7, 11) is 0. The normalized spacial score (nSPS) is 10.1. The van der Waals surface area contributed by atoms with Gasteiger partial charge >= 0.3 is 11.7 Å². The maximum absolute atomic E-state index is 10.9. The minimum absolute atomic E-state index is 0.0832. The average Bonchev–Trinajstić information content (AvgIpc) is 2.39. The molecule has 1 heterocycles. The van der Waals surface area contributed by atoms with E-state index >= 15 is 0 Å². The van der Waals surface area contributed by atoms with Gasteiger partial charge in [-0.25, -0.2) is 9.78 Å². The second-order valence-electron chi connectivity index (χ2n) is 4.01. The first kappa shape index (κ1) is 13.5. The van der Waals surface area contributed by atoms with Crippen molar-refractivity contribution in [2.75, 3.05) is 0 Å². The lowest BCUT2D eigenvalue weighted by Crippen LogP contribution is -2.00.